The van der Waals surface area contributed by atoms with Crippen molar-refractivity contribution in [3.05, 3.63) is 84.1 Å². The molecule has 0 saturated heterocycles. The lowest BCUT2D eigenvalue weighted by atomic mass is 9.95. The van der Waals surface area contributed by atoms with E-state index in [2.05, 4.69) is 4.98 Å². The van der Waals surface area contributed by atoms with E-state index in [-0.39, 0.29) is 22.4 Å². The molecule has 0 amide bonds. The number of hydrogen-bond donors (Lipinski definition) is 0. The number of aromatic nitrogens is 1. The fraction of sp³-hybridized carbons (Fsp3) is 0.125. The lowest BCUT2D eigenvalue weighted by molar-refractivity contribution is -0.136. The smallest absolute Gasteiger partial charge is 0.457 e. The molecule has 1 aromatic heterocycles. The lowest BCUT2D eigenvalue weighted by Crippen LogP contribution is -2.23. The van der Waals surface area contributed by atoms with Crippen LogP contribution in [0, 0.1) is 6.92 Å². The predicted octanol–water partition coefficient (Wildman–Crippen LogP) is 7.31. The summed E-state index contributed by atoms with van der Waals surface area (Å²) >= 11 is 0. The highest BCUT2D eigenvalue weighted by Gasteiger charge is 2.47. The molecule has 0 atom stereocenters. The van der Waals surface area contributed by atoms with Gasteiger partial charge in [0, 0.05) is 11.6 Å². The van der Waals surface area contributed by atoms with Gasteiger partial charge >= 0.3 is 11.7 Å². The van der Waals surface area contributed by atoms with Gasteiger partial charge in [-0.05, 0) is 60.0 Å². The summed E-state index contributed by atoms with van der Waals surface area (Å²) in [6.07, 6.45) is -3.28. The Balaban J connectivity index is 1.77. The highest BCUT2D eigenvalue weighted by molar-refractivity contribution is 7.92. The molecule has 3 aromatic carbocycles. The SMILES string of the molecule is Cc1cnc2c(C(F)(F)F)cccc2c1-c1cccc(Oc2cccc(S(=O)(=O)C(F)(F)F)c2)c1. The molecule has 0 aliphatic carbocycles. The molecular formula is C24H15F6NO3S. The molecule has 0 N–H and O–H groups in total. The van der Waals surface area contributed by atoms with Crippen LogP contribution < -0.4 is 4.74 Å². The van der Waals surface area contributed by atoms with Crippen LogP contribution in [0.5, 0.6) is 11.5 Å². The zero-order valence-corrected chi connectivity index (χ0v) is 18.6. The fourth-order valence-corrected chi connectivity index (χ4v) is 4.42. The average molecular weight is 511 g/mol. The van der Waals surface area contributed by atoms with Crippen molar-refractivity contribution in [3.8, 4) is 22.6 Å². The number of ether oxygens (including phenoxy) is 1. The van der Waals surface area contributed by atoms with Crippen LogP contribution in [0.1, 0.15) is 11.1 Å². The molecule has 0 bridgehead atoms. The molecule has 0 aliphatic heterocycles. The van der Waals surface area contributed by atoms with Crippen molar-refractivity contribution < 1.29 is 39.5 Å². The van der Waals surface area contributed by atoms with Crippen LogP contribution >= 0.6 is 0 Å². The number of aryl methyl sites for hydroxylation is 1. The molecular weight excluding hydrogens is 496 g/mol. The van der Waals surface area contributed by atoms with Gasteiger partial charge in [0.05, 0.1) is 16.0 Å². The number of fused-ring (bicyclic) bond motifs is 1. The van der Waals surface area contributed by atoms with E-state index in [1.807, 2.05) is 0 Å². The van der Waals surface area contributed by atoms with Crippen LogP contribution in [-0.2, 0) is 16.0 Å². The molecule has 1 heterocycles. The minimum absolute atomic E-state index is 0.139. The summed E-state index contributed by atoms with van der Waals surface area (Å²) in [6, 6.07) is 13.8. The molecule has 182 valence electrons. The number of pyridine rings is 1. The molecule has 4 nitrogen and oxygen atoms in total. The van der Waals surface area contributed by atoms with Crippen LogP contribution in [0.3, 0.4) is 0 Å². The number of benzene rings is 3. The van der Waals surface area contributed by atoms with Crippen LogP contribution in [0.15, 0.2) is 77.8 Å². The molecule has 11 heteroatoms. The van der Waals surface area contributed by atoms with Crippen molar-refractivity contribution in [1.29, 1.82) is 0 Å². The molecule has 0 saturated carbocycles. The maximum atomic E-state index is 13.5. The molecule has 0 spiro atoms. The number of alkyl halides is 6. The van der Waals surface area contributed by atoms with Crippen LogP contribution in [0.25, 0.3) is 22.0 Å². The monoisotopic (exact) mass is 511 g/mol. The molecule has 0 radical (unpaired) electrons. The summed E-state index contributed by atoms with van der Waals surface area (Å²) in [6.45, 7) is 1.68. The van der Waals surface area contributed by atoms with Crippen molar-refractivity contribution in [1.82, 2.24) is 4.98 Å². The number of para-hydroxylation sites is 1. The number of nitrogens with zero attached hydrogens (tertiary/aromatic N) is 1. The van der Waals surface area contributed by atoms with Crippen LogP contribution in [0.2, 0.25) is 0 Å². The van der Waals surface area contributed by atoms with Crippen molar-refractivity contribution in [2.24, 2.45) is 0 Å². The molecule has 4 rings (SSSR count). The summed E-state index contributed by atoms with van der Waals surface area (Å²) in [5.74, 6) is -0.0245. The minimum atomic E-state index is -5.57. The molecule has 4 aromatic rings. The van der Waals surface area contributed by atoms with Gasteiger partial charge in [-0.2, -0.15) is 26.3 Å². The van der Waals surface area contributed by atoms with E-state index >= 15 is 0 Å². The van der Waals surface area contributed by atoms with Gasteiger partial charge in [0.2, 0.25) is 0 Å². The second kappa shape index (κ2) is 8.56. The number of halogens is 6. The Morgan fingerprint density at radius 1 is 0.829 bits per heavy atom. The first-order valence-electron chi connectivity index (χ1n) is 9.94. The highest BCUT2D eigenvalue weighted by atomic mass is 32.2. The molecule has 0 fully saturated rings. The van der Waals surface area contributed by atoms with Crippen molar-refractivity contribution in [2.75, 3.05) is 0 Å². The molecule has 0 aliphatic rings. The topological polar surface area (TPSA) is 56.3 Å². The Hall–Kier alpha value is -3.60. The van der Waals surface area contributed by atoms with E-state index in [0.717, 1.165) is 24.3 Å². The summed E-state index contributed by atoms with van der Waals surface area (Å²) in [5, 5.41) is 0.259. The van der Waals surface area contributed by atoms with Gasteiger partial charge in [0.15, 0.2) is 0 Å². The Morgan fingerprint density at radius 3 is 2.11 bits per heavy atom. The average Bonchev–Trinajstić information content (AvgIpc) is 2.77. The first-order chi connectivity index (χ1) is 16.3. The van der Waals surface area contributed by atoms with Crippen molar-refractivity contribution >= 4 is 20.7 Å². The second-order valence-electron chi connectivity index (χ2n) is 7.57. The van der Waals surface area contributed by atoms with Gasteiger partial charge in [-0.25, -0.2) is 8.42 Å². The largest absolute Gasteiger partial charge is 0.501 e. The molecule has 0 unspecified atom stereocenters. The minimum Gasteiger partial charge on any atom is -0.457 e. The lowest BCUT2D eigenvalue weighted by Gasteiger charge is -2.15. The Kier molecular flexibility index (Phi) is 6.00. The predicted molar refractivity (Wildman–Crippen MR) is 117 cm³/mol. The van der Waals surface area contributed by atoms with Crippen molar-refractivity contribution in [2.45, 2.75) is 23.5 Å². The van der Waals surface area contributed by atoms with E-state index in [9.17, 15) is 34.8 Å². The second-order valence-corrected chi connectivity index (χ2v) is 9.51. The van der Waals surface area contributed by atoms with Crippen LogP contribution in [0.4, 0.5) is 26.3 Å². The maximum absolute atomic E-state index is 13.5. The van der Waals surface area contributed by atoms with E-state index < -0.39 is 32.0 Å². The number of rotatable bonds is 4. The maximum Gasteiger partial charge on any atom is 0.501 e. The third-order valence-electron chi connectivity index (χ3n) is 5.17. The summed E-state index contributed by atoms with van der Waals surface area (Å²) in [4.78, 5) is 3.00. The third-order valence-corrected chi connectivity index (χ3v) is 6.66. The Labute approximate surface area is 195 Å². The van der Waals surface area contributed by atoms with Crippen LogP contribution in [-0.4, -0.2) is 18.9 Å². The van der Waals surface area contributed by atoms with E-state index in [1.54, 1.807) is 19.1 Å². The Bertz CT molecular complexity index is 1530. The van der Waals surface area contributed by atoms with Crippen molar-refractivity contribution in [3.63, 3.8) is 0 Å². The zero-order chi connectivity index (χ0) is 25.6. The van der Waals surface area contributed by atoms with E-state index in [1.165, 1.54) is 36.5 Å². The highest BCUT2D eigenvalue weighted by Crippen LogP contribution is 2.39. The quantitative estimate of drug-likeness (QED) is 0.270. The first-order valence-corrected chi connectivity index (χ1v) is 11.4. The summed E-state index contributed by atoms with van der Waals surface area (Å²) < 4.78 is 108. The summed E-state index contributed by atoms with van der Waals surface area (Å²) in [7, 11) is -5.57. The third kappa shape index (κ3) is 4.68. The summed E-state index contributed by atoms with van der Waals surface area (Å²) in [5.41, 5.74) is -5.04. The van der Waals surface area contributed by atoms with E-state index in [0.29, 0.717) is 16.7 Å². The van der Waals surface area contributed by atoms with Gasteiger partial charge in [-0.15, -0.1) is 0 Å². The molecule has 35 heavy (non-hydrogen) atoms. The van der Waals surface area contributed by atoms with E-state index in [4.69, 9.17) is 4.74 Å². The normalized spacial score (nSPS) is 12.7. The van der Waals surface area contributed by atoms with Gasteiger partial charge < -0.3 is 4.74 Å². The standard InChI is InChI=1S/C24H15F6NO3S/c1-14-13-31-22-19(9-4-10-20(22)23(25,26)27)21(14)15-5-2-6-16(11-15)34-17-7-3-8-18(12-17)35(32,33)24(28,29)30/h2-13H,1H3. The Morgan fingerprint density at radius 2 is 1.46 bits per heavy atom. The number of hydrogen-bond acceptors (Lipinski definition) is 4. The fourth-order valence-electron chi connectivity index (χ4n) is 3.62. The number of sulfone groups is 1. The van der Waals surface area contributed by atoms with Gasteiger partial charge in [-0.1, -0.05) is 30.3 Å². The zero-order valence-electron chi connectivity index (χ0n) is 17.8. The first kappa shape index (κ1) is 24.5. The van der Waals surface area contributed by atoms with Gasteiger partial charge in [0.25, 0.3) is 9.84 Å². The van der Waals surface area contributed by atoms with Gasteiger partial charge in [-0.3, -0.25) is 4.98 Å². The van der Waals surface area contributed by atoms with Gasteiger partial charge in [0.1, 0.15) is 11.5 Å².